The van der Waals surface area contributed by atoms with Crippen LogP contribution in [0.3, 0.4) is 0 Å². The first-order chi connectivity index (χ1) is 6.08. The summed E-state index contributed by atoms with van der Waals surface area (Å²) < 4.78 is 0. The fraction of sp³-hybridized carbons (Fsp3) is 0.833. The van der Waals surface area contributed by atoms with Gasteiger partial charge in [-0.15, -0.1) is 0 Å². The molecule has 1 heteroatoms. The molecule has 0 unspecified atom stereocenters. The highest BCUT2D eigenvalue weighted by molar-refractivity contribution is 5.13. The zero-order valence-electron chi connectivity index (χ0n) is 8.71. The molecule has 2 aliphatic rings. The molecule has 0 aromatic rings. The van der Waals surface area contributed by atoms with Crippen molar-refractivity contribution in [2.24, 2.45) is 16.7 Å². The van der Waals surface area contributed by atoms with E-state index in [9.17, 15) is 5.11 Å². The van der Waals surface area contributed by atoms with Crippen molar-refractivity contribution >= 4 is 0 Å². The Hall–Kier alpha value is -0.300. The molecule has 1 nitrogen and oxygen atoms in total. The van der Waals surface area contributed by atoms with E-state index in [1.54, 1.807) is 0 Å². The molecule has 1 saturated carbocycles. The first kappa shape index (κ1) is 9.26. The van der Waals surface area contributed by atoms with Gasteiger partial charge in [0, 0.05) is 5.41 Å². The van der Waals surface area contributed by atoms with Gasteiger partial charge in [-0.1, -0.05) is 26.0 Å². The lowest BCUT2D eigenvalue weighted by molar-refractivity contribution is 0.116. The third-order valence-electron chi connectivity index (χ3n) is 3.85. The monoisotopic (exact) mass is 180 g/mol. The van der Waals surface area contributed by atoms with Gasteiger partial charge in [0.15, 0.2) is 0 Å². The van der Waals surface area contributed by atoms with Crippen LogP contribution in [-0.2, 0) is 0 Å². The molecule has 0 aliphatic heterocycles. The number of rotatable bonds is 1. The van der Waals surface area contributed by atoms with Crippen LogP contribution in [0.4, 0.5) is 0 Å². The van der Waals surface area contributed by atoms with Crippen molar-refractivity contribution in [1.82, 2.24) is 0 Å². The third kappa shape index (κ3) is 1.43. The van der Waals surface area contributed by atoms with Crippen molar-refractivity contribution in [3.63, 3.8) is 0 Å². The highest BCUT2D eigenvalue weighted by Crippen LogP contribution is 2.56. The van der Waals surface area contributed by atoms with Crippen LogP contribution in [0, 0.1) is 16.7 Å². The molecule has 0 aromatic carbocycles. The van der Waals surface area contributed by atoms with E-state index in [2.05, 4.69) is 26.0 Å². The summed E-state index contributed by atoms with van der Waals surface area (Å²) in [6, 6.07) is 0. The van der Waals surface area contributed by atoms with Crippen molar-refractivity contribution in [2.75, 3.05) is 6.61 Å². The van der Waals surface area contributed by atoms with Gasteiger partial charge in [-0.2, -0.15) is 0 Å². The summed E-state index contributed by atoms with van der Waals surface area (Å²) in [6.45, 7) is 5.00. The summed E-state index contributed by atoms with van der Waals surface area (Å²) in [6.07, 6.45) is 9.49. The molecule has 13 heavy (non-hydrogen) atoms. The largest absolute Gasteiger partial charge is 0.395 e. The van der Waals surface area contributed by atoms with Crippen LogP contribution in [0.25, 0.3) is 0 Å². The van der Waals surface area contributed by atoms with Crippen molar-refractivity contribution in [3.05, 3.63) is 12.2 Å². The normalized spacial score (nSPS) is 41.9. The summed E-state index contributed by atoms with van der Waals surface area (Å²) in [5.74, 6) is 0.734. The Balaban J connectivity index is 2.28. The topological polar surface area (TPSA) is 20.2 Å². The van der Waals surface area contributed by atoms with E-state index in [0.717, 1.165) is 12.3 Å². The Morgan fingerprint density at radius 2 is 2.23 bits per heavy atom. The van der Waals surface area contributed by atoms with Crippen molar-refractivity contribution < 1.29 is 5.11 Å². The summed E-state index contributed by atoms with van der Waals surface area (Å²) in [5.41, 5.74) is 0.573. The lowest BCUT2D eigenvalue weighted by Crippen LogP contribution is -2.29. The molecule has 0 radical (unpaired) electrons. The molecule has 2 atom stereocenters. The maximum absolute atomic E-state index is 9.53. The Morgan fingerprint density at radius 1 is 1.46 bits per heavy atom. The molecule has 0 bridgehead atoms. The molecule has 2 rings (SSSR count). The maximum atomic E-state index is 9.53. The average molecular weight is 180 g/mol. The molecule has 0 heterocycles. The standard InChI is InChI=1S/C12H20O/c1-11(2)7-10-5-3-4-6-12(10,8-11)9-13/h4,6,10,13H,3,5,7-9H2,1-2H3/t10-,12+/m0/s1. The van der Waals surface area contributed by atoms with E-state index >= 15 is 0 Å². The predicted octanol–water partition coefficient (Wildman–Crippen LogP) is 2.75. The minimum atomic E-state index is 0.141. The van der Waals surface area contributed by atoms with Gasteiger partial charge >= 0.3 is 0 Å². The van der Waals surface area contributed by atoms with Gasteiger partial charge in [0.1, 0.15) is 0 Å². The van der Waals surface area contributed by atoms with Gasteiger partial charge in [-0.3, -0.25) is 0 Å². The Kier molecular flexibility index (Phi) is 2.03. The molecule has 0 saturated heterocycles. The number of aliphatic hydroxyl groups excluding tert-OH is 1. The lowest BCUT2D eigenvalue weighted by Gasteiger charge is -2.33. The summed E-state index contributed by atoms with van der Waals surface area (Å²) in [5, 5.41) is 9.53. The van der Waals surface area contributed by atoms with Crippen LogP contribution in [-0.4, -0.2) is 11.7 Å². The zero-order valence-corrected chi connectivity index (χ0v) is 8.71. The van der Waals surface area contributed by atoms with Gasteiger partial charge in [0.05, 0.1) is 6.61 Å². The van der Waals surface area contributed by atoms with E-state index in [1.807, 2.05) is 0 Å². The van der Waals surface area contributed by atoms with Crippen LogP contribution < -0.4 is 0 Å². The molecule has 0 spiro atoms. The summed E-state index contributed by atoms with van der Waals surface area (Å²) in [4.78, 5) is 0. The van der Waals surface area contributed by atoms with Crippen LogP contribution >= 0.6 is 0 Å². The first-order valence-electron chi connectivity index (χ1n) is 5.37. The SMILES string of the molecule is CC1(C)C[C@@H]2CCC=C[C@]2(CO)C1. The molecular formula is C12H20O. The quantitative estimate of drug-likeness (QED) is 0.615. The Bertz CT molecular complexity index is 229. The highest BCUT2D eigenvalue weighted by Gasteiger charge is 2.49. The Morgan fingerprint density at radius 3 is 2.85 bits per heavy atom. The fourth-order valence-corrected chi connectivity index (χ4v) is 3.42. The van der Waals surface area contributed by atoms with Crippen LogP contribution in [0.15, 0.2) is 12.2 Å². The number of allylic oxidation sites excluding steroid dienone is 1. The molecular weight excluding hydrogens is 160 g/mol. The van der Waals surface area contributed by atoms with Crippen LogP contribution in [0.5, 0.6) is 0 Å². The minimum Gasteiger partial charge on any atom is -0.395 e. The predicted molar refractivity (Wildman–Crippen MR) is 54.4 cm³/mol. The Labute approximate surface area is 80.8 Å². The lowest BCUT2D eigenvalue weighted by atomic mass is 9.73. The van der Waals surface area contributed by atoms with Crippen molar-refractivity contribution in [2.45, 2.75) is 39.5 Å². The second-order valence-electron chi connectivity index (χ2n) is 5.61. The van der Waals surface area contributed by atoms with Crippen LogP contribution in [0.2, 0.25) is 0 Å². The zero-order chi connectivity index (χ0) is 9.53. The van der Waals surface area contributed by atoms with E-state index in [-0.39, 0.29) is 5.41 Å². The molecule has 0 aromatic heterocycles. The second kappa shape index (κ2) is 2.84. The summed E-state index contributed by atoms with van der Waals surface area (Å²) >= 11 is 0. The number of hydrogen-bond donors (Lipinski definition) is 1. The molecule has 2 aliphatic carbocycles. The summed E-state index contributed by atoms with van der Waals surface area (Å²) in [7, 11) is 0. The van der Waals surface area contributed by atoms with E-state index < -0.39 is 0 Å². The van der Waals surface area contributed by atoms with Gasteiger partial charge < -0.3 is 5.11 Å². The number of hydrogen-bond acceptors (Lipinski definition) is 1. The van der Waals surface area contributed by atoms with E-state index in [0.29, 0.717) is 12.0 Å². The molecule has 0 amide bonds. The smallest absolute Gasteiger partial charge is 0.0524 e. The van der Waals surface area contributed by atoms with Crippen LogP contribution in [0.1, 0.15) is 39.5 Å². The van der Waals surface area contributed by atoms with Gasteiger partial charge in [-0.25, -0.2) is 0 Å². The van der Waals surface area contributed by atoms with Crippen molar-refractivity contribution in [1.29, 1.82) is 0 Å². The van der Waals surface area contributed by atoms with Gasteiger partial charge in [0.25, 0.3) is 0 Å². The van der Waals surface area contributed by atoms with E-state index in [1.165, 1.54) is 19.3 Å². The molecule has 1 fully saturated rings. The highest BCUT2D eigenvalue weighted by atomic mass is 16.3. The maximum Gasteiger partial charge on any atom is 0.0524 e. The third-order valence-corrected chi connectivity index (χ3v) is 3.85. The first-order valence-corrected chi connectivity index (χ1v) is 5.37. The fourth-order valence-electron chi connectivity index (χ4n) is 3.42. The molecule has 1 N–H and O–H groups in total. The average Bonchev–Trinajstić information content (AvgIpc) is 2.35. The minimum absolute atomic E-state index is 0.141. The van der Waals surface area contributed by atoms with Gasteiger partial charge in [-0.05, 0) is 37.0 Å². The number of aliphatic hydroxyl groups is 1. The van der Waals surface area contributed by atoms with E-state index in [4.69, 9.17) is 0 Å². The van der Waals surface area contributed by atoms with Crippen molar-refractivity contribution in [3.8, 4) is 0 Å². The van der Waals surface area contributed by atoms with Gasteiger partial charge in [0.2, 0.25) is 0 Å². The number of fused-ring (bicyclic) bond motifs is 1. The second-order valence-corrected chi connectivity index (χ2v) is 5.61. The molecule has 74 valence electrons.